The second-order valence-corrected chi connectivity index (χ2v) is 5.04. The first-order valence-electron chi connectivity index (χ1n) is 6.91. The maximum absolute atomic E-state index is 12.8. The largest absolute Gasteiger partial charge is 0.381 e. The Morgan fingerprint density at radius 1 is 1.33 bits per heavy atom. The van der Waals surface area contributed by atoms with Crippen LogP contribution in [0.1, 0.15) is 40.8 Å². The maximum Gasteiger partial charge on any atom is 0.227 e. The van der Waals surface area contributed by atoms with E-state index in [0.717, 1.165) is 13.0 Å². The molecule has 2 aromatic rings. The number of carbonyl (C=O) groups excluding carboxylic acids is 1. The summed E-state index contributed by atoms with van der Waals surface area (Å²) < 4.78 is 23.2. The number of ketones is 1. The summed E-state index contributed by atoms with van der Waals surface area (Å²) in [5.74, 6) is 0.866. The van der Waals surface area contributed by atoms with Gasteiger partial charge < -0.3 is 9.26 Å². The number of ether oxygens (including phenoxy) is 1. The summed E-state index contributed by atoms with van der Waals surface area (Å²) in [6.45, 7) is 1.34. The molecule has 1 atom stereocenters. The number of aromatic nitrogens is 2. The second-order valence-electron chi connectivity index (χ2n) is 5.04. The van der Waals surface area contributed by atoms with Gasteiger partial charge in [0.25, 0.3) is 0 Å². The molecular formula is C15H15FN2O3. The Balaban J connectivity index is 1.57. The molecule has 1 aliphatic heterocycles. The van der Waals surface area contributed by atoms with Crippen molar-refractivity contribution in [3.63, 3.8) is 0 Å². The molecule has 5 nitrogen and oxygen atoms in total. The third-order valence-corrected chi connectivity index (χ3v) is 3.51. The van der Waals surface area contributed by atoms with Crippen LogP contribution < -0.4 is 0 Å². The number of nitrogens with zero attached hydrogens (tertiary/aromatic N) is 2. The normalized spacial score (nSPS) is 18.0. The minimum atomic E-state index is -0.355. The van der Waals surface area contributed by atoms with Crippen molar-refractivity contribution >= 4 is 5.78 Å². The van der Waals surface area contributed by atoms with Gasteiger partial charge >= 0.3 is 0 Å². The number of hydrogen-bond donors (Lipinski definition) is 0. The number of Topliss-reactive ketones (excluding diaryl/α,β-unsaturated/α-hetero) is 1. The van der Waals surface area contributed by atoms with Gasteiger partial charge in [-0.2, -0.15) is 4.98 Å². The van der Waals surface area contributed by atoms with Crippen LogP contribution in [0.4, 0.5) is 4.39 Å². The number of aryl methyl sites for hydroxylation is 1. The van der Waals surface area contributed by atoms with Gasteiger partial charge in [-0.25, -0.2) is 4.39 Å². The van der Waals surface area contributed by atoms with Crippen molar-refractivity contribution in [1.82, 2.24) is 10.1 Å². The van der Waals surface area contributed by atoms with Crippen LogP contribution in [0, 0.1) is 5.82 Å². The molecular weight excluding hydrogens is 275 g/mol. The predicted octanol–water partition coefficient (Wildman–Crippen LogP) is 2.53. The van der Waals surface area contributed by atoms with Gasteiger partial charge in [-0.15, -0.1) is 0 Å². The maximum atomic E-state index is 12.8. The summed E-state index contributed by atoms with van der Waals surface area (Å²) in [4.78, 5) is 16.3. The number of halogens is 1. The summed E-state index contributed by atoms with van der Waals surface area (Å²) in [6, 6.07) is 5.51. The van der Waals surface area contributed by atoms with Crippen molar-refractivity contribution in [2.24, 2.45) is 0 Å². The van der Waals surface area contributed by atoms with E-state index in [-0.39, 0.29) is 23.9 Å². The lowest BCUT2D eigenvalue weighted by Gasteiger charge is -1.99. The Morgan fingerprint density at radius 3 is 2.86 bits per heavy atom. The van der Waals surface area contributed by atoms with Crippen molar-refractivity contribution in [3.8, 4) is 0 Å². The van der Waals surface area contributed by atoms with Crippen LogP contribution in [0.25, 0.3) is 0 Å². The molecule has 21 heavy (non-hydrogen) atoms. The van der Waals surface area contributed by atoms with Crippen LogP contribution in [-0.4, -0.2) is 29.1 Å². The molecule has 0 amide bonds. The topological polar surface area (TPSA) is 65.2 Å². The van der Waals surface area contributed by atoms with E-state index in [2.05, 4.69) is 10.1 Å². The molecule has 0 N–H and O–H groups in total. The molecule has 0 bridgehead atoms. The van der Waals surface area contributed by atoms with E-state index in [4.69, 9.17) is 9.26 Å². The summed E-state index contributed by atoms with van der Waals surface area (Å²) in [7, 11) is 0. The van der Waals surface area contributed by atoms with Crippen LogP contribution in [-0.2, 0) is 11.2 Å². The van der Waals surface area contributed by atoms with E-state index in [1.807, 2.05) is 0 Å². The van der Waals surface area contributed by atoms with Gasteiger partial charge in [-0.1, -0.05) is 5.16 Å². The Morgan fingerprint density at radius 2 is 2.14 bits per heavy atom. The first kappa shape index (κ1) is 13.9. The Hall–Kier alpha value is -2.08. The van der Waals surface area contributed by atoms with Crippen molar-refractivity contribution in [1.29, 1.82) is 0 Å². The van der Waals surface area contributed by atoms with Crippen molar-refractivity contribution in [2.75, 3.05) is 13.2 Å². The SMILES string of the molecule is O=C(CCc1nc(C2CCOC2)no1)c1ccc(F)cc1. The molecule has 0 saturated carbocycles. The van der Waals surface area contributed by atoms with Crippen LogP contribution in [0.3, 0.4) is 0 Å². The summed E-state index contributed by atoms with van der Waals surface area (Å²) in [5.41, 5.74) is 0.486. The molecule has 3 rings (SSSR count). The fourth-order valence-electron chi connectivity index (χ4n) is 2.27. The average Bonchev–Trinajstić information content (AvgIpc) is 3.16. The van der Waals surface area contributed by atoms with E-state index in [0.29, 0.717) is 30.3 Å². The summed E-state index contributed by atoms with van der Waals surface area (Å²) in [5, 5.41) is 3.93. The van der Waals surface area contributed by atoms with E-state index in [1.165, 1.54) is 24.3 Å². The van der Waals surface area contributed by atoms with Gasteiger partial charge in [-0.3, -0.25) is 4.79 Å². The molecule has 1 aromatic carbocycles. The van der Waals surface area contributed by atoms with E-state index < -0.39 is 0 Å². The van der Waals surface area contributed by atoms with Gasteiger partial charge in [0, 0.05) is 30.9 Å². The standard InChI is InChI=1S/C15H15FN2O3/c16-12-3-1-10(2-4-12)13(19)5-6-14-17-15(18-21-14)11-7-8-20-9-11/h1-4,11H,5-9H2. The van der Waals surface area contributed by atoms with Crippen molar-refractivity contribution in [2.45, 2.75) is 25.2 Å². The van der Waals surface area contributed by atoms with Crippen molar-refractivity contribution in [3.05, 3.63) is 47.4 Å². The van der Waals surface area contributed by atoms with Crippen molar-refractivity contribution < 1.29 is 18.4 Å². The highest BCUT2D eigenvalue weighted by Gasteiger charge is 2.23. The minimum absolute atomic E-state index is 0.0704. The highest BCUT2D eigenvalue weighted by atomic mass is 19.1. The number of rotatable bonds is 5. The predicted molar refractivity (Wildman–Crippen MR) is 71.5 cm³/mol. The third-order valence-electron chi connectivity index (χ3n) is 3.51. The lowest BCUT2D eigenvalue weighted by molar-refractivity contribution is 0.0979. The van der Waals surface area contributed by atoms with E-state index in [9.17, 15) is 9.18 Å². The molecule has 1 aromatic heterocycles. The first-order valence-corrected chi connectivity index (χ1v) is 6.91. The number of hydrogen-bond acceptors (Lipinski definition) is 5. The van der Waals surface area contributed by atoms with Crippen LogP contribution >= 0.6 is 0 Å². The van der Waals surface area contributed by atoms with Gasteiger partial charge in [0.2, 0.25) is 5.89 Å². The average molecular weight is 290 g/mol. The molecule has 2 heterocycles. The molecule has 0 spiro atoms. The summed E-state index contributed by atoms with van der Waals surface area (Å²) in [6.07, 6.45) is 1.54. The highest BCUT2D eigenvalue weighted by Crippen LogP contribution is 2.22. The van der Waals surface area contributed by atoms with Gasteiger partial charge in [0.15, 0.2) is 11.6 Å². The smallest absolute Gasteiger partial charge is 0.227 e. The molecule has 0 radical (unpaired) electrons. The Kier molecular flexibility index (Phi) is 4.06. The van der Waals surface area contributed by atoms with Crippen LogP contribution in [0.5, 0.6) is 0 Å². The second kappa shape index (κ2) is 6.13. The molecule has 110 valence electrons. The molecule has 1 unspecified atom stereocenters. The zero-order valence-electron chi connectivity index (χ0n) is 11.4. The Bertz CT molecular complexity index is 618. The molecule has 6 heteroatoms. The third kappa shape index (κ3) is 3.33. The molecule has 0 aliphatic carbocycles. The first-order chi connectivity index (χ1) is 10.2. The van der Waals surface area contributed by atoms with E-state index in [1.54, 1.807) is 0 Å². The highest BCUT2D eigenvalue weighted by molar-refractivity contribution is 5.96. The lowest BCUT2D eigenvalue weighted by atomic mass is 10.1. The summed E-state index contributed by atoms with van der Waals surface area (Å²) >= 11 is 0. The van der Waals surface area contributed by atoms with Gasteiger partial charge in [0.1, 0.15) is 5.82 Å². The zero-order valence-corrected chi connectivity index (χ0v) is 11.4. The number of carbonyl (C=O) groups is 1. The fourth-order valence-corrected chi connectivity index (χ4v) is 2.27. The van der Waals surface area contributed by atoms with Gasteiger partial charge in [0.05, 0.1) is 6.61 Å². The monoisotopic (exact) mass is 290 g/mol. The quantitative estimate of drug-likeness (QED) is 0.792. The van der Waals surface area contributed by atoms with Crippen LogP contribution in [0.2, 0.25) is 0 Å². The van der Waals surface area contributed by atoms with Crippen LogP contribution in [0.15, 0.2) is 28.8 Å². The minimum Gasteiger partial charge on any atom is -0.381 e. The zero-order chi connectivity index (χ0) is 14.7. The molecule has 1 saturated heterocycles. The van der Waals surface area contributed by atoms with Gasteiger partial charge in [-0.05, 0) is 30.7 Å². The number of benzene rings is 1. The van der Waals surface area contributed by atoms with E-state index >= 15 is 0 Å². The molecule has 1 fully saturated rings. The Labute approximate surface area is 121 Å². The molecule has 1 aliphatic rings. The fraction of sp³-hybridized carbons (Fsp3) is 0.400. The lowest BCUT2D eigenvalue weighted by Crippen LogP contribution is -2.02.